The first-order valence-corrected chi connectivity index (χ1v) is 33.3. The van der Waals surface area contributed by atoms with Gasteiger partial charge in [0, 0.05) is 156 Å². The van der Waals surface area contributed by atoms with Gasteiger partial charge in [-0.3, -0.25) is 0 Å². The highest BCUT2D eigenvalue weighted by Crippen LogP contribution is 2.51. The van der Waals surface area contributed by atoms with Gasteiger partial charge in [0.2, 0.25) is 0 Å². The minimum atomic E-state index is -0.179. The Labute approximate surface area is 547 Å². The van der Waals surface area contributed by atoms with Crippen LogP contribution >= 0.6 is 22.7 Å². The van der Waals surface area contributed by atoms with Gasteiger partial charge in [0.1, 0.15) is 34.5 Å². The molecule has 6 aliphatic heterocycles. The molecular weight excluding hydrogens is 1180 g/mol. The standard InChI is InChI=1S/C79H53B3N6O3S2/c1-84-63-45-61-57(81-73-62(83-61)37-52(89-49-27-13-6-14-28-49)41-69(73)87(47-23-9-4-10-24-47)76-55-33-19-21-35-71(55)92-78(76)81)43-58(63)80-59-44-60-65(46-64(59)85(2)67-39-53(38-66(84)74(67)80)90-50-29-15-7-16-30-50)86(3)68-40-54(91-51-31-17-8-18-32-51)42-70-75(68)82(60)79-77(56-34-20-22-36-72(56)93-79)88(70)48-25-11-5-12-26-48/h4-46,83H,1-3H3. The zero-order valence-corrected chi connectivity index (χ0v) is 52.5. The Morgan fingerprint density at radius 1 is 0.301 bits per heavy atom. The Morgan fingerprint density at radius 3 is 1.15 bits per heavy atom. The highest BCUT2D eigenvalue weighted by Gasteiger charge is 2.50. The van der Waals surface area contributed by atoms with E-state index in [1.54, 1.807) is 0 Å². The first-order valence-electron chi connectivity index (χ1n) is 31.6. The molecule has 0 bridgehead atoms. The van der Waals surface area contributed by atoms with E-state index >= 15 is 0 Å². The van der Waals surface area contributed by atoms with Gasteiger partial charge in [0.25, 0.3) is 20.1 Å². The molecule has 0 atom stereocenters. The second kappa shape index (κ2) is 20.0. The van der Waals surface area contributed by atoms with Gasteiger partial charge in [0.05, 0.1) is 11.4 Å². The largest absolute Gasteiger partial charge is 0.457 e. The van der Waals surface area contributed by atoms with Gasteiger partial charge in [-0.25, -0.2) is 0 Å². The van der Waals surface area contributed by atoms with Crippen LogP contribution in [-0.2, 0) is 0 Å². The maximum absolute atomic E-state index is 6.90. The van der Waals surface area contributed by atoms with Crippen LogP contribution in [-0.4, -0.2) is 41.3 Å². The summed E-state index contributed by atoms with van der Waals surface area (Å²) in [4.78, 5) is 12.2. The Bertz CT molecular complexity index is 5470. The molecule has 14 aromatic rings. The molecule has 0 aliphatic carbocycles. The van der Waals surface area contributed by atoms with Gasteiger partial charge < -0.3 is 44.0 Å². The molecule has 0 radical (unpaired) electrons. The van der Waals surface area contributed by atoms with E-state index in [0.29, 0.717) is 0 Å². The molecule has 93 heavy (non-hydrogen) atoms. The molecule has 8 heterocycles. The van der Waals surface area contributed by atoms with Gasteiger partial charge in [0.15, 0.2) is 0 Å². The number of hydrogen-bond acceptors (Lipinski definition) is 11. The monoisotopic (exact) mass is 1230 g/mol. The van der Waals surface area contributed by atoms with Crippen LogP contribution in [0.5, 0.6) is 34.5 Å². The van der Waals surface area contributed by atoms with Crippen LogP contribution in [0.25, 0.3) is 20.2 Å². The Hall–Kier alpha value is -11.0. The topological polar surface area (TPSA) is 55.9 Å². The molecule has 9 nitrogen and oxygen atoms in total. The molecule has 14 heteroatoms. The first kappa shape index (κ1) is 52.7. The molecule has 20 rings (SSSR count). The number of para-hydroxylation sites is 5. The lowest BCUT2D eigenvalue weighted by Gasteiger charge is -2.46. The second-order valence-corrected chi connectivity index (χ2v) is 27.1. The number of nitrogens with one attached hydrogen (secondary N) is 1. The number of fused-ring (bicyclic) bond motifs is 16. The number of benzene rings is 12. The summed E-state index contributed by atoms with van der Waals surface area (Å²) < 4.78 is 25.8. The minimum Gasteiger partial charge on any atom is -0.457 e. The van der Waals surface area contributed by atoms with Gasteiger partial charge in [-0.1, -0.05) is 140 Å². The van der Waals surface area contributed by atoms with Gasteiger partial charge in [-0.15, -0.1) is 22.7 Å². The third kappa shape index (κ3) is 7.76. The normalized spacial score (nSPS) is 13.9. The van der Waals surface area contributed by atoms with Crippen molar-refractivity contribution in [3.05, 3.63) is 261 Å². The average Bonchev–Trinajstić information content (AvgIpc) is 1.64. The van der Waals surface area contributed by atoms with Crippen molar-refractivity contribution >= 4 is 190 Å². The van der Waals surface area contributed by atoms with E-state index < -0.39 is 0 Å². The summed E-state index contributed by atoms with van der Waals surface area (Å²) in [7, 11) is 6.73. The van der Waals surface area contributed by atoms with Crippen molar-refractivity contribution < 1.29 is 14.2 Å². The molecule has 1 N–H and O–H groups in total. The minimum absolute atomic E-state index is 0.109. The average molecular weight is 1230 g/mol. The van der Waals surface area contributed by atoms with Crippen LogP contribution in [0.15, 0.2) is 261 Å². The smallest absolute Gasteiger partial charge is 0.264 e. The molecule has 0 amide bonds. The predicted molar refractivity (Wildman–Crippen MR) is 393 cm³/mol. The van der Waals surface area contributed by atoms with Gasteiger partial charge >= 0.3 is 0 Å². The molecule has 0 saturated heterocycles. The maximum Gasteiger partial charge on any atom is 0.264 e. The number of ether oxygens (including phenoxy) is 3. The second-order valence-electron chi connectivity index (χ2n) is 24.9. The maximum atomic E-state index is 6.90. The summed E-state index contributed by atoms with van der Waals surface area (Å²) in [5, 5.41) is 6.58. The summed E-state index contributed by atoms with van der Waals surface area (Å²) in [6.07, 6.45) is 0. The first-order chi connectivity index (χ1) is 45.8. The summed E-state index contributed by atoms with van der Waals surface area (Å²) in [6.45, 7) is -0.401. The lowest BCUT2D eigenvalue weighted by atomic mass is 9.30. The van der Waals surface area contributed by atoms with Crippen LogP contribution < -0.4 is 91.8 Å². The number of nitrogens with zero attached hydrogens (tertiary/aromatic N) is 5. The van der Waals surface area contributed by atoms with Gasteiger partial charge in [-0.2, -0.15) is 0 Å². The Morgan fingerprint density at radius 2 is 0.667 bits per heavy atom. The number of hydrogen-bond donors (Lipinski definition) is 1. The molecule has 438 valence electrons. The van der Waals surface area contributed by atoms with Crippen LogP contribution in [0.4, 0.5) is 79.6 Å². The highest BCUT2D eigenvalue weighted by molar-refractivity contribution is 7.34. The quantitative estimate of drug-likeness (QED) is 0.150. The molecule has 0 unspecified atom stereocenters. The SMILES string of the molecule is CN1c2cc3c(cc2B2c4cc5c(cc4N(C)c4cc(Oc6ccccc6)cc1c42)N(C)c1cc(Oc2ccccc2)cc2c1B5c1sc4ccccc4c1N2c1ccccc1)B1c2sc4ccccc4c2N(c2ccccc2)c2cc(Oc4ccccc4)cc(c21)N3. The lowest BCUT2D eigenvalue weighted by Crippen LogP contribution is -2.66. The van der Waals surface area contributed by atoms with Crippen LogP contribution in [0, 0.1) is 0 Å². The summed E-state index contributed by atoms with van der Waals surface area (Å²) in [5.41, 5.74) is 24.5. The highest BCUT2D eigenvalue weighted by atomic mass is 32.1. The van der Waals surface area contributed by atoms with E-state index in [-0.39, 0.29) is 20.1 Å². The molecule has 6 aliphatic rings. The van der Waals surface area contributed by atoms with E-state index in [9.17, 15) is 0 Å². The third-order valence-electron chi connectivity index (χ3n) is 19.9. The van der Waals surface area contributed by atoms with Crippen LogP contribution in [0.3, 0.4) is 0 Å². The van der Waals surface area contributed by atoms with Crippen molar-refractivity contribution in [2.75, 3.05) is 51.0 Å². The van der Waals surface area contributed by atoms with Crippen molar-refractivity contribution in [2.24, 2.45) is 0 Å². The van der Waals surface area contributed by atoms with Gasteiger partial charge in [-0.05, 0) is 123 Å². The van der Waals surface area contributed by atoms with Crippen molar-refractivity contribution in [3.8, 4) is 34.5 Å². The lowest BCUT2D eigenvalue weighted by molar-refractivity contribution is 0.482. The van der Waals surface area contributed by atoms with Crippen molar-refractivity contribution in [1.29, 1.82) is 0 Å². The van der Waals surface area contributed by atoms with E-state index in [1.165, 1.54) is 79.3 Å². The predicted octanol–water partition coefficient (Wildman–Crippen LogP) is 14.9. The van der Waals surface area contributed by atoms with Crippen LogP contribution in [0.1, 0.15) is 0 Å². The van der Waals surface area contributed by atoms with E-state index in [1.807, 2.05) is 114 Å². The molecule has 0 fully saturated rings. The molecule has 0 saturated carbocycles. The third-order valence-corrected chi connectivity index (χ3v) is 22.3. The molecule has 2 aromatic heterocycles. The summed E-state index contributed by atoms with van der Waals surface area (Å²) >= 11 is 3.83. The fraction of sp³-hybridized carbons (Fsp3) is 0.0380. The summed E-state index contributed by atoms with van der Waals surface area (Å²) in [5.74, 6) is 4.67. The Kier molecular flexibility index (Phi) is 11.3. The van der Waals surface area contributed by atoms with Crippen molar-refractivity contribution in [1.82, 2.24) is 0 Å². The van der Waals surface area contributed by atoms with Crippen LogP contribution in [0.2, 0.25) is 0 Å². The number of thiophene rings is 2. The van der Waals surface area contributed by atoms with E-state index in [0.717, 1.165) is 103 Å². The fourth-order valence-corrected chi connectivity index (χ4v) is 18.6. The molecular formula is C79H53B3N6O3S2. The zero-order chi connectivity index (χ0) is 61.3. The number of rotatable bonds is 8. The molecule has 12 aromatic carbocycles. The molecule has 0 spiro atoms. The zero-order valence-electron chi connectivity index (χ0n) is 50.8. The number of anilines is 14. The van der Waals surface area contributed by atoms with Crippen molar-refractivity contribution in [2.45, 2.75) is 0 Å². The Balaban J connectivity index is 0.833. The fourth-order valence-electron chi connectivity index (χ4n) is 16.0. The summed E-state index contributed by atoms with van der Waals surface area (Å²) in [6, 6.07) is 93.8. The van der Waals surface area contributed by atoms with E-state index in [4.69, 9.17) is 14.2 Å². The van der Waals surface area contributed by atoms with Crippen molar-refractivity contribution in [3.63, 3.8) is 0 Å². The van der Waals surface area contributed by atoms with E-state index in [2.05, 4.69) is 221 Å².